The molecule has 0 fully saturated rings. The molecule has 0 saturated heterocycles. The third kappa shape index (κ3) is 2.80. The molecular weight excluding hydrogens is 329 g/mol. The number of hydrogen-bond acceptors (Lipinski definition) is 3. The number of nitrogens with one attached hydrogen (secondary N) is 2. The van der Waals surface area contributed by atoms with Crippen molar-refractivity contribution in [3.05, 3.63) is 49.4 Å². The fourth-order valence-electron chi connectivity index (χ4n) is 1.19. The van der Waals surface area contributed by atoms with Gasteiger partial charge >= 0.3 is 0 Å². The molecule has 1 aromatic heterocycles. The molecule has 17 heavy (non-hydrogen) atoms. The second-order valence-corrected chi connectivity index (χ2v) is 4.78. The van der Waals surface area contributed by atoms with Gasteiger partial charge in [-0.05, 0) is 34.1 Å². The van der Waals surface area contributed by atoms with Crippen molar-refractivity contribution < 1.29 is 0 Å². The molecule has 1 heterocycles. The van der Waals surface area contributed by atoms with Crippen LogP contribution in [-0.4, -0.2) is 9.97 Å². The smallest absolute Gasteiger partial charge is 0.267 e. The molecule has 88 valence electrons. The molecule has 0 unspecified atom stereocenters. The Bertz CT molecular complexity index is 615. The Labute approximate surface area is 115 Å². The Morgan fingerprint density at radius 2 is 2.12 bits per heavy atom. The number of benzene rings is 1. The van der Waals surface area contributed by atoms with E-state index in [0.29, 0.717) is 26.0 Å². The molecule has 2 N–H and O–H groups in total. The highest BCUT2D eigenvalue weighted by Gasteiger charge is 2.07. The van der Waals surface area contributed by atoms with Gasteiger partial charge in [0.05, 0.1) is 17.0 Å². The van der Waals surface area contributed by atoms with Crippen LogP contribution in [0.4, 0.5) is 11.5 Å². The van der Waals surface area contributed by atoms with Crippen LogP contribution in [-0.2, 0) is 0 Å². The minimum atomic E-state index is -0.271. The molecule has 0 saturated carbocycles. The van der Waals surface area contributed by atoms with Crippen molar-refractivity contribution in [3.63, 3.8) is 0 Å². The summed E-state index contributed by atoms with van der Waals surface area (Å²) in [5.41, 5.74) is 0.349. The van der Waals surface area contributed by atoms with Gasteiger partial charge in [-0.2, -0.15) is 0 Å². The van der Waals surface area contributed by atoms with E-state index in [2.05, 4.69) is 31.2 Å². The van der Waals surface area contributed by atoms with E-state index in [1.165, 1.54) is 6.33 Å². The molecule has 0 aliphatic heterocycles. The summed E-state index contributed by atoms with van der Waals surface area (Å²) in [4.78, 5) is 17.8. The first-order valence-corrected chi connectivity index (χ1v) is 6.08. The third-order valence-corrected chi connectivity index (χ3v) is 3.26. The van der Waals surface area contributed by atoms with Crippen LogP contribution in [0.1, 0.15) is 0 Å². The lowest BCUT2D eigenvalue weighted by molar-refractivity contribution is 1.10. The van der Waals surface area contributed by atoms with Crippen LogP contribution in [0.3, 0.4) is 0 Å². The topological polar surface area (TPSA) is 57.8 Å². The van der Waals surface area contributed by atoms with Crippen LogP contribution >= 0.6 is 39.1 Å². The molecule has 1 aromatic carbocycles. The van der Waals surface area contributed by atoms with Crippen LogP contribution < -0.4 is 10.9 Å². The number of rotatable bonds is 2. The third-order valence-electron chi connectivity index (χ3n) is 1.98. The van der Waals surface area contributed by atoms with Gasteiger partial charge in [-0.25, -0.2) is 4.98 Å². The van der Waals surface area contributed by atoms with Gasteiger partial charge in [-0.3, -0.25) is 4.79 Å². The van der Waals surface area contributed by atoms with Crippen molar-refractivity contribution in [1.82, 2.24) is 9.97 Å². The number of aromatic amines is 1. The molecule has 0 amide bonds. The number of anilines is 2. The van der Waals surface area contributed by atoms with Crippen LogP contribution in [0.25, 0.3) is 0 Å². The molecule has 2 aromatic rings. The summed E-state index contributed by atoms with van der Waals surface area (Å²) in [6.07, 6.45) is 1.30. The normalized spacial score (nSPS) is 10.3. The molecule has 0 spiro atoms. The van der Waals surface area contributed by atoms with Gasteiger partial charge in [0, 0.05) is 5.02 Å². The predicted molar refractivity (Wildman–Crippen MR) is 72.3 cm³/mol. The first kappa shape index (κ1) is 12.4. The van der Waals surface area contributed by atoms with E-state index in [0.717, 1.165) is 0 Å². The zero-order chi connectivity index (χ0) is 12.4. The average Bonchev–Trinajstić information content (AvgIpc) is 2.28. The molecule has 0 atom stereocenters. The van der Waals surface area contributed by atoms with Crippen molar-refractivity contribution in [3.8, 4) is 0 Å². The number of nitrogens with zero attached hydrogens (tertiary/aromatic N) is 1. The fourth-order valence-corrected chi connectivity index (χ4v) is 1.96. The largest absolute Gasteiger partial charge is 0.338 e. The quantitative estimate of drug-likeness (QED) is 0.882. The second kappa shape index (κ2) is 5.08. The summed E-state index contributed by atoms with van der Waals surface area (Å²) in [6, 6.07) is 5.00. The standard InChI is InChI=1S/C10H6BrCl2N3O/c11-8-9(14-4-15-10(8)17)16-7-2-1-5(12)3-6(7)13/h1-4H,(H2,14,15,16,17). The highest BCUT2D eigenvalue weighted by atomic mass is 79.9. The molecule has 0 bridgehead atoms. The highest BCUT2D eigenvalue weighted by molar-refractivity contribution is 9.10. The van der Waals surface area contributed by atoms with E-state index in [9.17, 15) is 4.79 Å². The zero-order valence-corrected chi connectivity index (χ0v) is 11.4. The van der Waals surface area contributed by atoms with Gasteiger partial charge in [0.2, 0.25) is 0 Å². The summed E-state index contributed by atoms with van der Waals surface area (Å²) in [5.74, 6) is 0.387. The summed E-state index contributed by atoms with van der Waals surface area (Å²) >= 11 is 14.9. The molecule has 7 heteroatoms. The first-order valence-electron chi connectivity index (χ1n) is 4.53. The van der Waals surface area contributed by atoms with Crippen LogP contribution in [0.2, 0.25) is 10.0 Å². The molecular formula is C10H6BrCl2N3O. The van der Waals surface area contributed by atoms with Gasteiger partial charge in [-0.15, -0.1) is 0 Å². The van der Waals surface area contributed by atoms with Crippen LogP contribution in [0.15, 0.2) is 33.8 Å². The summed E-state index contributed by atoms with van der Waals surface area (Å²) in [5, 5.41) is 3.93. The van der Waals surface area contributed by atoms with E-state index >= 15 is 0 Å². The Kier molecular flexibility index (Phi) is 3.71. The monoisotopic (exact) mass is 333 g/mol. The number of aromatic nitrogens is 2. The van der Waals surface area contributed by atoms with E-state index in [-0.39, 0.29) is 5.56 Å². The second-order valence-electron chi connectivity index (χ2n) is 3.14. The lowest BCUT2D eigenvalue weighted by atomic mass is 10.3. The Balaban J connectivity index is 2.38. The number of H-pyrrole nitrogens is 1. The molecule has 0 aliphatic carbocycles. The van der Waals surface area contributed by atoms with Crippen molar-refractivity contribution in [2.24, 2.45) is 0 Å². The number of hydrogen-bond donors (Lipinski definition) is 2. The van der Waals surface area contributed by atoms with E-state index in [1.54, 1.807) is 18.2 Å². The fraction of sp³-hybridized carbons (Fsp3) is 0. The predicted octanol–water partition coefficient (Wildman–Crippen LogP) is 3.58. The number of halogens is 3. The van der Waals surface area contributed by atoms with Crippen molar-refractivity contribution >= 4 is 50.6 Å². The SMILES string of the molecule is O=c1[nH]cnc(Nc2ccc(Cl)cc2Cl)c1Br. The molecule has 0 aliphatic rings. The maximum Gasteiger partial charge on any atom is 0.267 e. The Hall–Kier alpha value is -1.04. The minimum Gasteiger partial charge on any atom is -0.338 e. The molecule has 4 nitrogen and oxygen atoms in total. The molecule has 0 radical (unpaired) electrons. The lowest BCUT2D eigenvalue weighted by Crippen LogP contribution is -2.10. The summed E-state index contributed by atoms with van der Waals surface area (Å²) < 4.78 is 0.311. The summed E-state index contributed by atoms with van der Waals surface area (Å²) in [6.45, 7) is 0. The van der Waals surface area contributed by atoms with Crippen molar-refractivity contribution in [2.45, 2.75) is 0 Å². The van der Waals surface area contributed by atoms with Gasteiger partial charge in [0.1, 0.15) is 4.47 Å². The highest BCUT2D eigenvalue weighted by Crippen LogP contribution is 2.28. The van der Waals surface area contributed by atoms with Crippen LogP contribution in [0, 0.1) is 0 Å². The van der Waals surface area contributed by atoms with E-state index < -0.39 is 0 Å². The van der Waals surface area contributed by atoms with Gasteiger partial charge in [0.25, 0.3) is 5.56 Å². The van der Waals surface area contributed by atoms with Gasteiger partial charge in [0.15, 0.2) is 5.82 Å². The Morgan fingerprint density at radius 3 is 2.82 bits per heavy atom. The Morgan fingerprint density at radius 1 is 1.35 bits per heavy atom. The van der Waals surface area contributed by atoms with Crippen molar-refractivity contribution in [2.75, 3.05) is 5.32 Å². The van der Waals surface area contributed by atoms with E-state index in [4.69, 9.17) is 23.2 Å². The van der Waals surface area contributed by atoms with Gasteiger partial charge in [-0.1, -0.05) is 23.2 Å². The molecule has 2 rings (SSSR count). The van der Waals surface area contributed by atoms with Crippen molar-refractivity contribution in [1.29, 1.82) is 0 Å². The zero-order valence-electron chi connectivity index (χ0n) is 8.30. The maximum absolute atomic E-state index is 11.3. The summed E-state index contributed by atoms with van der Waals surface area (Å²) in [7, 11) is 0. The van der Waals surface area contributed by atoms with Gasteiger partial charge < -0.3 is 10.3 Å². The maximum atomic E-state index is 11.3. The van der Waals surface area contributed by atoms with E-state index in [1.807, 2.05) is 0 Å². The first-order chi connectivity index (χ1) is 8.08. The van der Waals surface area contributed by atoms with Crippen LogP contribution in [0.5, 0.6) is 0 Å². The minimum absolute atomic E-state index is 0.271. The average molecular weight is 335 g/mol. The lowest BCUT2D eigenvalue weighted by Gasteiger charge is -2.08.